The maximum atomic E-state index is 12.4. The fourth-order valence-corrected chi connectivity index (χ4v) is 4.06. The lowest BCUT2D eigenvalue weighted by Gasteiger charge is -2.13. The third-order valence-electron chi connectivity index (χ3n) is 5.91. The molecule has 12 nitrogen and oxygen atoms in total. The maximum absolute atomic E-state index is 12.4. The van der Waals surface area contributed by atoms with Crippen LogP contribution in [-0.2, 0) is 16.1 Å². The number of anilines is 1. The summed E-state index contributed by atoms with van der Waals surface area (Å²) in [4.78, 5) is 39.9. The number of carbonyl (C=O) groups excluding carboxylic acids is 3. The van der Waals surface area contributed by atoms with Crippen LogP contribution in [0.3, 0.4) is 0 Å². The Hall–Kier alpha value is -4.61. The van der Waals surface area contributed by atoms with Gasteiger partial charge in [-0.2, -0.15) is 5.10 Å². The molecule has 1 aliphatic rings. The molecule has 2 amide bonds. The first-order valence-electron chi connectivity index (χ1n) is 11.6. The van der Waals surface area contributed by atoms with Gasteiger partial charge in [0.15, 0.2) is 18.7 Å². The number of pyridine rings is 1. The first-order chi connectivity index (χ1) is 17.9. The molecule has 0 bridgehead atoms. The van der Waals surface area contributed by atoms with Crippen molar-refractivity contribution in [2.75, 3.05) is 19.0 Å². The van der Waals surface area contributed by atoms with Crippen molar-refractivity contribution in [3.63, 3.8) is 0 Å². The molecule has 1 aliphatic carbocycles. The SMILES string of the molecule is COc1cc(O)c(C=O)c(OCC(=O)Nc2cc(C3CCC(OC(=O)NCc4ccccn4)C3)[nH]n2)c1. The molecule has 4 rings (SSSR count). The average molecular weight is 510 g/mol. The lowest BCUT2D eigenvalue weighted by molar-refractivity contribution is -0.118. The van der Waals surface area contributed by atoms with Crippen molar-refractivity contribution >= 4 is 24.1 Å². The van der Waals surface area contributed by atoms with Crippen molar-refractivity contribution in [2.45, 2.75) is 37.8 Å². The predicted molar refractivity (Wildman–Crippen MR) is 131 cm³/mol. The van der Waals surface area contributed by atoms with Gasteiger partial charge in [0.1, 0.15) is 23.4 Å². The van der Waals surface area contributed by atoms with Gasteiger partial charge in [-0.1, -0.05) is 6.07 Å². The van der Waals surface area contributed by atoms with E-state index in [1.165, 1.54) is 19.2 Å². The molecule has 0 spiro atoms. The molecular weight excluding hydrogens is 482 g/mol. The highest BCUT2D eigenvalue weighted by molar-refractivity contribution is 5.91. The standard InChI is InChI=1S/C25H27N5O7/c1-35-18-9-21(32)19(13-31)22(10-18)36-14-24(33)28-23-11-20(29-30-23)15-5-6-17(8-15)37-25(34)27-12-16-4-2-3-7-26-16/h2-4,7,9-11,13,15,17,32H,5-6,8,12,14H2,1H3,(H,27,34)(H2,28,29,30,33). The van der Waals surface area contributed by atoms with Crippen LogP contribution >= 0.6 is 0 Å². The van der Waals surface area contributed by atoms with Gasteiger partial charge in [-0.15, -0.1) is 0 Å². The van der Waals surface area contributed by atoms with Crippen LogP contribution < -0.4 is 20.1 Å². The van der Waals surface area contributed by atoms with Gasteiger partial charge in [-0.3, -0.25) is 19.7 Å². The predicted octanol–water partition coefficient (Wildman–Crippen LogP) is 2.91. The van der Waals surface area contributed by atoms with E-state index in [4.69, 9.17) is 14.2 Å². The molecule has 12 heteroatoms. The van der Waals surface area contributed by atoms with Gasteiger partial charge < -0.3 is 30.0 Å². The molecule has 37 heavy (non-hydrogen) atoms. The number of aromatic nitrogens is 3. The van der Waals surface area contributed by atoms with Crippen LogP contribution in [0.2, 0.25) is 0 Å². The number of rotatable bonds is 10. The fourth-order valence-electron chi connectivity index (χ4n) is 4.06. The highest BCUT2D eigenvalue weighted by Gasteiger charge is 2.30. The third kappa shape index (κ3) is 6.75. The second kappa shape index (κ2) is 11.9. The first-order valence-corrected chi connectivity index (χ1v) is 11.6. The summed E-state index contributed by atoms with van der Waals surface area (Å²) in [7, 11) is 1.40. The van der Waals surface area contributed by atoms with E-state index in [2.05, 4.69) is 25.8 Å². The number of carbonyl (C=O) groups is 3. The van der Waals surface area contributed by atoms with E-state index in [-0.39, 0.29) is 34.8 Å². The fraction of sp³-hybridized carbons (Fsp3) is 0.320. The highest BCUT2D eigenvalue weighted by atomic mass is 16.6. The zero-order valence-electron chi connectivity index (χ0n) is 20.1. The Bertz CT molecular complexity index is 1250. The van der Waals surface area contributed by atoms with Crippen LogP contribution in [0, 0.1) is 0 Å². The van der Waals surface area contributed by atoms with Gasteiger partial charge in [0.25, 0.3) is 5.91 Å². The number of aromatic hydroxyl groups is 1. The zero-order chi connectivity index (χ0) is 26.2. The Morgan fingerprint density at radius 2 is 2.11 bits per heavy atom. The quantitative estimate of drug-likeness (QED) is 0.301. The number of benzene rings is 1. The van der Waals surface area contributed by atoms with Crippen LogP contribution in [0.15, 0.2) is 42.6 Å². The Labute approximate surface area is 212 Å². The van der Waals surface area contributed by atoms with E-state index in [1.807, 2.05) is 12.1 Å². The normalized spacial score (nSPS) is 16.6. The monoisotopic (exact) mass is 509 g/mol. The number of methoxy groups -OCH3 is 1. The molecule has 2 atom stereocenters. The Balaban J connectivity index is 1.24. The number of phenolic OH excluding ortho intramolecular Hbond substituents is 1. The zero-order valence-corrected chi connectivity index (χ0v) is 20.1. The minimum atomic E-state index is -0.505. The number of nitrogens with one attached hydrogen (secondary N) is 3. The van der Waals surface area contributed by atoms with Crippen LogP contribution in [-0.4, -0.2) is 58.4 Å². The van der Waals surface area contributed by atoms with Gasteiger partial charge in [-0.05, 0) is 31.4 Å². The number of nitrogens with zero attached hydrogens (tertiary/aromatic N) is 2. The summed E-state index contributed by atoms with van der Waals surface area (Å²) in [5.74, 6) is -0.116. The molecule has 2 heterocycles. The molecule has 4 N–H and O–H groups in total. The van der Waals surface area contributed by atoms with Crippen molar-refractivity contribution in [3.8, 4) is 17.2 Å². The van der Waals surface area contributed by atoms with Crippen LogP contribution in [0.5, 0.6) is 17.2 Å². The minimum Gasteiger partial charge on any atom is -0.507 e. The third-order valence-corrected chi connectivity index (χ3v) is 5.91. The summed E-state index contributed by atoms with van der Waals surface area (Å²) in [5, 5.41) is 22.3. The summed E-state index contributed by atoms with van der Waals surface area (Å²) in [5.41, 5.74) is 1.48. The van der Waals surface area contributed by atoms with E-state index in [0.717, 1.165) is 17.8 Å². The summed E-state index contributed by atoms with van der Waals surface area (Å²) in [6.45, 7) is -0.124. The van der Waals surface area contributed by atoms with Gasteiger partial charge in [-0.25, -0.2) is 4.79 Å². The van der Waals surface area contributed by atoms with Crippen molar-refractivity contribution < 1.29 is 33.7 Å². The molecule has 3 aromatic rings. The largest absolute Gasteiger partial charge is 0.507 e. The Morgan fingerprint density at radius 3 is 2.86 bits per heavy atom. The number of amides is 2. The molecule has 0 aliphatic heterocycles. The lowest BCUT2D eigenvalue weighted by Crippen LogP contribution is -2.27. The molecule has 2 aromatic heterocycles. The van der Waals surface area contributed by atoms with Gasteiger partial charge >= 0.3 is 6.09 Å². The molecule has 1 fully saturated rings. The summed E-state index contributed by atoms with van der Waals surface area (Å²) in [6, 6.07) is 9.87. The summed E-state index contributed by atoms with van der Waals surface area (Å²) < 4.78 is 16.0. The van der Waals surface area contributed by atoms with Gasteiger partial charge in [0.2, 0.25) is 0 Å². The van der Waals surface area contributed by atoms with Crippen LogP contribution in [0.1, 0.15) is 46.9 Å². The number of alkyl carbamates (subject to hydrolysis) is 1. The van der Waals surface area contributed by atoms with E-state index in [1.54, 1.807) is 18.3 Å². The number of phenols is 1. The molecule has 0 saturated heterocycles. The number of hydrogen-bond acceptors (Lipinski definition) is 9. The van der Waals surface area contributed by atoms with Crippen LogP contribution in [0.25, 0.3) is 0 Å². The van der Waals surface area contributed by atoms with Crippen molar-refractivity contribution in [1.82, 2.24) is 20.5 Å². The number of hydrogen-bond donors (Lipinski definition) is 4. The van der Waals surface area contributed by atoms with Crippen molar-refractivity contribution in [2.24, 2.45) is 0 Å². The Kier molecular flexibility index (Phi) is 8.18. The molecule has 0 radical (unpaired) electrons. The number of ether oxygens (including phenoxy) is 3. The van der Waals surface area contributed by atoms with E-state index in [9.17, 15) is 19.5 Å². The number of aldehydes is 1. The number of H-pyrrole nitrogens is 1. The second-order valence-electron chi connectivity index (χ2n) is 8.43. The van der Waals surface area contributed by atoms with Gasteiger partial charge in [0, 0.05) is 36.0 Å². The lowest BCUT2D eigenvalue weighted by atomic mass is 10.0. The van der Waals surface area contributed by atoms with E-state index in [0.29, 0.717) is 31.5 Å². The molecule has 1 saturated carbocycles. The number of aromatic amines is 1. The first kappa shape index (κ1) is 25.5. The smallest absolute Gasteiger partial charge is 0.407 e. The molecule has 1 aromatic carbocycles. The molecular formula is C25H27N5O7. The second-order valence-corrected chi connectivity index (χ2v) is 8.43. The van der Waals surface area contributed by atoms with E-state index >= 15 is 0 Å². The van der Waals surface area contributed by atoms with Crippen molar-refractivity contribution in [3.05, 3.63) is 59.5 Å². The Morgan fingerprint density at radius 1 is 1.24 bits per heavy atom. The summed E-state index contributed by atoms with van der Waals surface area (Å²) in [6.07, 6.45) is 3.51. The highest BCUT2D eigenvalue weighted by Crippen LogP contribution is 2.36. The topological polar surface area (TPSA) is 165 Å². The molecule has 194 valence electrons. The molecule has 2 unspecified atom stereocenters. The average Bonchev–Trinajstić information content (AvgIpc) is 3.56. The van der Waals surface area contributed by atoms with Crippen LogP contribution in [0.4, 0.5) is 10.6 Å². The van der Waals surface area contributed by atoms with E-state index < -0.39 is 18.6 Å². The van der Waals surface area contributed by atoms with Gasteiger partial charge in [0.05, 0.1) is 24.9 Å². The van der Waals surface area contributed by atoms with Crippen molar-refractivity contribution in [1.29, 1.82) is 0 Å². The minimum absolute atomic E-state index is 0.0192. The maximum Gasteiger partial charge on any atom is 0.407 e. The summed E-state index contributed by atoms with van der Waals surface area (Å²) >= 11 is 0.